The molecular weight excluding hydrogens is 318 g/mol. The first-order valence-corrected chi connectivity index (χ1v) is 6.29. The molecule has 0 spiro atoms. The molecule has 0 saturated heterocycles. The minimum absolute atomic E-state index is 0.297. The molecule has 0 bridgehead atoms. The SMILES string of the molecule is Cc1ccc(Br)c(Nc2nc(NN)ncc2Cl)c1. The van der Waals surface area contributed by atoms with Crippen LogP contribution < -0.4 is 16.6 Å². The molecule has 0 atom stereocenters. The Labute approximate surface area is 118 Å². The molecule has 1 heterocycles. The fourth-order valence-electron chi connectivity index (χ4n) is 1.39. The quantitative estimate of drug-likeness (QED) is 0.596. The van der Waals surface area contributed by atoms with Crippen LogP contribution in [0.1, 0.15) is 5.56 Å². The maximum atomic E-state index is 6.02. The maximum absolute atomic E-state index is 6.02. The van der Waals surface area contributed by atoms with E-state index in [4.69, 9.17) is 17.4 Å². The van der Waals surface area contributed by atoms with Crippen molar-refractivity contribution in [3.05, 3.63) is 39.5 Å². The molecule has 0 unspecified atom stereocenters. The molecule has 0 amide bonds. The Bertz CT molecular complexity index is 575. The van der Waals surface area contributed by atoms with E-state index < -0.39 is 0 Å². The summed E-state index contributed by atoms with van der Waals surface area (Å²) in [6, 6.07) is 5.94. The number of nitrogen functional groups attached to an aromatic ring is 1. The molecule has 0 saturated carbocycles. The van der Waals surface area contributed by atoms with Gasteiger partial charge in [-0.2, -0.15) is 4.98 Å². The van der Waals surface area contributed by atoms with Crippen LogP contribution >= 0.6 is 27.5 Å². The Kier molecular flexibility index (Phi) is 4.00. The summed E-state index contributed by atoms with van der Waals surface area (Å²) >= 11 is 9.48. The van der Waals surface area contributed by atoms with Crippen LogP contribution in [0, 0.1) is 6.92 Å². The van der Waals surface area contributed by atoms with Gasteiger partial charge in [-0.25, -0.2) is 10.8 Å². The van der Waals surface area contributed by atoms with E-state index in [0.29, 0.717) is 16.8 Å². The van der Waals surface area contributed by atoms with Gasteiger partial charge in [-0.05, 0) is 40.5 Å². The van der Waals surface area contributed by atoms with Crippen LogP contribution in [0.15, 0.2) is 28.9 Å². The summed E-state index contributed by atoms with van der Waals surface area (Å²) in [4.78, 5) is 8.05. The van der Waals surface area contributed by atoms with Crippen molar-refractivity contribution in [2.75, 3.05) is 10.7 Å². The topological polar surface area (TPSA) is 75.9 Å². The first-order chi connectivity index (χ1) is 8.60. The average molecular weight is 329 g/mol. The number of hydrazine groups is 1. The van der Waals surface area contributed by atoms with E-state index in [1.54, 1.807) is 0 Å². The zero-order valence-electron chi connectivity index (χ0n) is 9.54. The molecule has 1 aromatic carbocycles. The molecule has 0 aliphatic rings. The van der Waals surface area contributed by atoms with Crippen LogP contribution in [0.3, 0.4) is 0 Å². The summed E-state index contributed by atoms with van der Waals surface area (Å²) in [7, 11) is 0. The Morgan fingerprint density at radius 3 is 2.89 bits per heavy atom. The molecule has 2 rings (SSSR count). The number of aryl methyl sites for hydroxylation is 1. The number of halogens is 2. The highest BCUT2D eigenvalue weighted by Crippen LogP contribution is 2.29. The number of anilines is 3. The van der Waals surface area contributed by atoms with Crippen LogP contribution in [0.25, 0.3) is 0 Å². The Hall–Kier alpha value is -1.37. The number of hydrogen-bond donors (Lipinski definition) is 3. The van der Waals surface area contributed by atoms with Crippen molar-refractivity contribution in [3.63, 3.8) is 0 Å². The van der Waals surface area contributed by atoms with Crippen LogP contribution in [0.2, 0.25) is 5.02 Å². The summed E-state index contributed by atoms with van der Waals surface area (Å²) in [5, 5.41) is 3.55. The van der Waals surface area contributed by atoms with E-state index in [1.165, 1.54) is 6.20 Å². The average Bonchev–Trinajstić information content (AvgIpc) is 2.36. The molecule has 1 aromatic heterocycles. The Morgan fingerprint density at radius 2 is 2.17 bits per heavy atom. The molecule has 4 N–H and O–H groups in total. The highest BCUT2D eigenvalue weighted by atomic mass is 79.9. The lowest BCUT2D eigenvalue weighted by Gasteiger charge is -2.10. The van der Waals surface area contributed by atoms with Gasteiger partial charge in [0.2, 0.25) is 5.95 Å². The van der Waals surface area contributed by atoms with Gasteiger partial charge in [0, 0.05) is 4.47 Å². The van der Waals surface area contributed by atoms with Crippen LogP contribution in [-0.4, -0.2) is 9.97 Å². The Balaban J connectivity index is 2.36. The Morgan fingerprint density at radius 1 is 1.39 bits per heavy atom. The van der Waals surface area contributed by atoms with Crippen LogP contribution in [0.5, 0.6) is 0 Å². The zero-order chi connectivity index (χ0) is 13.1. The van der Waals surface area contributed by atoms with E-state index in [1.807, 2.05) is 25.1 Å². The number of rotatable bonds is 3. The van der Waals surface area contributed by atoms with E-state index in [0.717, 1.165) is 15.7 Å². The number of benzene rings is 1. The van der Waals surface area contributed by atoms with Crippen LogP contribution in [0.4, 0.5) is 17.5 Å². The fraction of sp³-hybridized carbons (Fsp3) is 0.0909. The molecule has 0 aliphatic heterocycles. The van der Waals surface area contributed by atoms with Gasteiger partial charge in [0.15, 0.2) is 5.82 Å². The van der Waals surface area contributed by atoms with Crippen molar-refractivity contribution in [2.45, 2.75) is 6.92 Å². The third kappa shape index (κ3) is 2.90. The summed E-state index contributed by atoms with van der Waals surface area (Å²) in [6.45, 7) is 2.01. The van der Waals surface area contributed by atoms with Gasteiger partial charge in [-0.1, -0.05) is 17.7 Å². The third-order valence-corrected chi connectivity index (χ3v) is 3.22. The number of aromatic nitrogens is 2. The van der Waals surface area contributed by atoms with Gasteiger partial charge in [0.1, 0.15) is 5.02 Å². The van der Waals surface area contributed by atoms with Gasteiger partial charge in [0.05, 0.1) is 11.9 Å². The highest BCUT2D eigenvalue weighted by Gasteiger charge is 2.07. The summed E-state index contributed by atoms with van der Waals surface area (Å²) < 4.78 is 0.921. The molecule has 0 aliphatic carbocycles. The highest BCUT2D eigenvalue weighted by molar-refractivity contribution is 9.10. The number of nitrogens with two attached hydrogens (primary N) is 1. The molecule has 5 nitrogen and oxygen atoms in total. The first kappa shape index (κ1) is 13.1. The second-order valence-electron chi connectivity index (χ2n) is 3.64. The number of hydrogen-bond acceptors (Lipinski definition) is 5. The van der Waals surface area contributed by atoms with Gasteiger partial charge in [-0.15, -0.1) is 0 Å². The molecule has 18 heavy (non-hydrogen) atoms. The van der Waals surface area contributed by atoms with Crippen molar-refractivity contribution >= 4 is 45.0 Å². The third-order valence-electron chi connectivity index (χ3n) is 2.25. The minimum Gasteiger partial charge on any atom is -0.338 e. The monoisotopic (exact) mass is 327 g/mol. The first-order valence-electron chi connectivity index (χ1n) is 5.12. The second kappa shape index (κ2) is 5.51. The van der Waals surface area contributed by atoms with Crippen molar-refractivity contribution < 1.29 is 0 Å². The zero-order valence-corrected chi connectivity index (χ0v) is 11.9. The van der Waals surface area contributed by atoms with Crippen molar-refractivity contribution in [3.8, 4) is 0 Å². The molecular formula is C11H11BrClN5. The van der Waals surface area contributed by atoms with Gasteiger partial charge < -0.3 is 5.32 Å². The minimum atomic E-state index is 0.297. The molecule has 2 aromatic rings. The van der Waals surface area contributed by atoms with Gasteiger partial charge in [0.25, 0.3) is 0 Å². The van der Waals surface area contributed by atoms with Gasteiger partial charge in [-0.3, -0.25) is 5.43 Å². The predicted octanol–water partition coefficient (Wildman–Crippen LogP) is 3.23. The normalized spacial score (nSPS) is 10.2. The fourth-order valence-corrected chi connectivity index (χ4v) is 1.87. The second-order valence-corrected chi connectivity index (χ2v) is 4.90. The van der Waals surface area contributed by atoms with Crippen molar-refractivity contribution in [1.82, 2.24) is 9.97 Å². The lowest BCUT2D eigenvalue weighted by molar-refractivity contribution is 1.12. The summed E-state index contributed by atoms with van der Waals surface area (Å²) in [5.74, 6) is 6.05. The summed E-state index contributed by atoms with van der Waals surface area (Å²) in [5.41, 5.74) is 4.38. The van der Waals surface area contributed by atoms with Crippen molar-refractivity contribution in [2.24, 2.45) is 5.84 Å². The van der Waals surface area contributed by atoms with Crippen LogP contribution in [-0.2, 0) is 0 Å². The molecule has 0 radical (unpaired) electrons. The van der Waals surface area contributed by atoms with E-state index in [9.17, 15) is 0 Å². The standard InChI is InChI=1S/C11H11BrClN5/c1-6-2-3-7(12)9(4-6)16-10-8(13)5-15-11(17-10)18-14/h2-5H,14H2,1H3,(H2,15,16,17,18). The maximum Gasteiger partial charge on any atom is 0.239 e. The molecule has 0 fully saturated rings. The number of nitrogens with zero attached hydrogens (tertiary/aromatic N) is 2. The van der Waals surface area contributed by atoms with E-state index in [-0.39, 0.29) is 0 Å². The predicted molar refractivity (Wildman–Crippen MR) is 77.0 cm³/mol. The molecule has 7 heteroatoms. The lowest BCUT2D eigenvalue weighted by Crippen LogP contribution is -2.11. The van der Waals surface area contributed by atoms with Gasteiger partial charge >= 0.3 is 0 Å². The molecule has 94 valence electrons. The van der Waals surface area contributed by atoms with Crippen molar-refractivity contribution in [1.29, 1.82) is 0 Å². The largest absolute Gasteiger partial charge is 0.338 e. The summed E-state index contributed by atoms with van der Waals surface area (Å²) in [6.07, 6.45) is 1.48. The lowest BCUT2D eigenvalue weighted by atomic mass is 10.2. The number of nitrogens with one attached hydrogen (secondary N) is 2. The van der Waals surface area contributed by atoms with E-state index in [2.05, 4.69) is 36.6 Å². The van der Waals surface area contributed by atoms with E-state index >= 15 is 0 Å². The smallest absolute Gasteiger partial charge is 0.239 e.